The van der Waals surface area contributed by atoms with E-state index in [0.29, 0.717) is 0 Å². The molecule has 0 aromatic carbocycles. The van der Waals surface area contributed by atoms with Crippen LogP contribution in [0.3, 0.4) is 0 Å². The number of hydrogen-bond acceptors (Lipinski definition) is 2. The maximum absolute atomic E-state index is 12.2. The second-order valence-electron chi connectivity index (χ2n) is 5.43. The Hall–Kier alpha value is -0.220. The largest absolute Gasteiger partial charge is 0.314 e. The lowest BCUT2D eigenvalue weighted by Gasteiger charge is -2.32. The fourth-order valence-electron chi connectivity index (χ4n) is 2.77. The van der Waals surface area contributed by atoms with Gasteiger partial charge in [-0.1, -0.05) is 26.7 Å². The van der Waals surface area contributed by atoms with Crippen molar-refractivity contribution in [3.63, 3.8) is 0 Å². The molecule has 0 aliphatic rings. The summed E-state index contributed by atoms with van der Waals surface area (Å²) in [4.78, 5) is 12.2. The molecule has 1 rings (SSSR count). The van der Waals surface area contributed by atoms with Gasteiger partial charge in [0.25, 0.3) is 5.56 Å². The van der Waals surface area contributed by atoms with Gasteiger partial charge in [-0.05, 0) is 52.9 Å². The normalized spacial score (nSPS) is 11.8. The highest BCUT2D eigenvalue weighted by Crippen LogP contribution is 2.33. The van der Waals surface area contributed by atoms with Gasteiger partial charge in [-0.15, -0.1) is 0 Å². The van der Waals surface area contributed by atoms with Crippen LogP contribution in [0.15, 0.2) is 21.5 Å². The lowest BCUT2D eigenvalue weighted by molar-refractivity contribution is 0.228. The van der Waals surface area contributed by atoms with Gasteiger partial charge >= 0.3 is 0 Å². The van der Waals surface area contributed by atoms with Gasteiger partial charge in [-0.25, -0.2) is 0 Å². The van der Waals surface area contributed by atoms with Crippen molar-refractivity contribution >= 4 is 28.6 Å². The Bertz CT molecular complexity index is 464. The molecule has 0 aliphatic carbocycles. The Morgan fingerprint density at radius 3 is 2.37 bits per heavy atom. The van der Waals surface area contributed by atoms with Crippen molar-refractivity contribution in [1.29, 1.82) is 0 Å². The van der Waals surface area contributed by atoms with Crippen molar-refractivity contribution in [2.24, 2.45) is 5.41 Å². The molecular formula is C15H24BrNOS. The second-order valence-corrected chi connectivity index (χ2v) is 6.66. The van der Waals surface area contributed by atoms with Crippen LogP contribution in [0.1, 0.15) is 45.1 Å². The highest BCUT2D eigenvalue weighted by Gasteiger charge is 2.28. The molecule has 19 heavy (non-hydrogen) atoms. The first-order valence-corrected chi connectivity index (χ1v) is 8.38. The molecule has 0 bridgehead atoms. The summed E-state index contributed by atoms with van der Waals surface area (Å²) in [6, 6.07) is 1.88. The van der Waals surface area contributed by atoms with Crippen molar-refractivity contribution in [2.45, 2.75) is 53.0 Å². The average Bonchev–Trinajstić information content (AvgIpc) is 2.36. The van der Waals surface area contributed by atoms with E-state index in [9.17, 15) is 4.79 Å². The molecule has 0 saturated carbocycles. The van der Waals surface area contributed by atoms with Gasteiger partial charge < -0.3 is 4.57 Å². The Morgan fingerprint density at radius 2 is 1.89 bits per heavy atom. The molecule has 2 nitrogen and oxygen atoms in total. The van der Waals surface area contributed by atoms with Crippen molar-refractivity contribution in [1.82, 2.24) is 4.57 Å². The molecule has 0 spiro atoms. The van der Waals surface area contributed by atoms with Crippen LogP contribution in [0.5, 0.6) is 0 Å². The van der Waals surface area contributed by atoms with E-state index < -0.39 is 0 Å². The van der Waals surface area contributed by atoms with Gasteiger partial charge in [0, 0.05) is 22.8 Å². The molecule has 0 radical (unpaired) electrons. The third-order valence-corrected chi connectivity index (χ3v) is 4.74. The summed E-state index contributed by atoms with van der Waals surface area (Å²) in [6.45, 7) is 7.02. The van der Waals surface area contributed by atoms with Crippen LogP contribution in [0.2, 0.25) is 0 Å². The maximum Gasteiger partial charge on any atom is 0.253 e. The van der Waals surface area contributed by atoms with Crippen LogP contribution in [0, 0.1) is 12.3 Å². The molecule has 4 heteroatoms. The minimum Gasteiger partial charge on any atom is -0.314 e. The van der Waals surface area contributed by atoms with E-state index >= 15 is 0 Å². The quantitative estimate of drug-likeness (QED) is 0.725. The topological polar surface area (TPSA) is 22.0 Å². The zero-order valence-corrected chi connectivity index (χ0v) is 14.6. The van der Waals surface area contributed by atoms with Crippen molar-refractivity contribution < 1.29 is 0 Å². The number of aromatic nitrogens is 1. The highest BCUT2D eigenvalue weighted by atomic mass is 79.9. The molecular weight excluding hydrogens is 322 g/mol. The number of thiol groups is 1. The van der Waals surface area contributed by atoms with Gasteiger partial charge in [0.05, 0.1) is 0 Å². The van der Waals surface area contributed by atoms with Crippen molar-refractivity contribution in [3.05, 3.63) is 32.7 Å². The molecule has 0 unspecified atom stereocenters. The Balaban J connectivity index is 3.12. The maximum atomic E-state index is 12.2. The summed E-state index contributed by atoms with van der Waals surface area (Å²) < 4.78 is 2.81. The smallest absolute Gasteiger partial charge is 0.253 e. The van der Waals surface area contributed by atoms with Crippen LogP contribution in [0.25, 0.3) is 0 Å². The molecule has 0 saturated heterocycles. The summed E-state index contributed by atoms with van der Waals surface area (Å²) in [5.74, 6) is 0.826. The van der Waals surface area contributed by atoms with Gasteiger partial charge in [-0.2, -0.15) is 12.6 Å². The van der Waals surface area contributed by atoms with Gasteiger partial charge in [-0.3, -0.25) is 4.79 Å². The van der Waals surface area contributed by atoms with E-state index in [0.717, 1.165) is 48.0 Å². The first kappa shape index (κ1) is 16.8. The molecule has 1 heterocycles. The van der Waals surface area contributed by atoms with Crippen LogP contribution in [0.4, 0.5) is 0 Å². The van der Waals surface area contributed by atoms with Gasteiger partial charge in [0.2, 0.25) is 0 Å². The molecule has 0 aliphatic heterocycles. The zero-order valence-electron chi connectivity index (χ0n) is 12.1. The second kappa shape index (κ2) is 7.53. The summed E-state index contributed by atoms with van der Waals surface area (Å²) >= 11 is 8.03. The minimum atomic E-state index is 0.113. The number of pyridine rings is 1. The van der Waals surface area contributed by atoms with E-state index in [-0.39, 0.29) is 11.0 Å². The van der Waals surface area contributed by atoms with Crippen molar-refractivity contribution in [2.75, 3.05) is 5.75 Å². The van der Waals surface area contributed by atoms with Crippen LogP contribution in [-0.2, 0) is 6.54 Å². The lowest BCUT2D eigenvalue weighted by atomic mass is 9.81. The number of rotatable bonds is 7. The van der Waals surface area contributed by atoms with E-state index in [1.807, 2.05) is 23.8 Å². The Kier molecular flexibility index (Phi) is 6.67. The highest BCUT2D eigenvalue weighted by molar-refractivity contribution is 9.10. The number of nitrogens with zero attached hydrogens (tertiary/aromatic N) is 1. The number of halogens is 1. The lowest BCUT2D eigenvalue weighted by Crippen LogP contribution is -2.34. The average molecular weight is 346 g/mol. The Morgan fingerprint density at radius 1 is 1.32 bits per heavy atom. The molecule has 1 aromatic heterocycles. The zero-order chi connectivity index (χ0) is 14.5. The molecule has 0 fully saturated rings. The van der Waals surface area contributed by atoms with E-state index in [2.05, 4.69) is 42.4 Å². The molecule has 1 aromatic rings. The predicted molar refractivity (Wildman–Crippen MR) is 89.2 cm³/mol. The third-order valence-electron chi connectivity index (χ3n) is 3.63. The molecule has 0 N–H and O–H groups in total. The number of hydrogen-bond donors (Lipinski definition) is 1. The summed E-state index contributed by atoms with van der Waals surface area (Å²) in [5.41, 5.74) is 1.03. The van der Waals surface area contributed by atoms with Gasteiger partial charge in [0.15, 0.2) is 0 Å². The van der Waals surface area contributed by atoms with E-state index in [1.165, 1.54) is 0 Å². The first-order valence-electron chi connectivity index (χ1n) is 6.95. The standard InChI is InChI=1S/C15H24BrNOS/c1-4-6-15(11-19,7-5-2)10-17-9-13(16)8-12(3)14(17)18/h8-9,19H,4-7,10-11H2,1-3H3. The molecule has 108 valence electrons. The van der Waals surface area contributed by atoms with Crippen LogP contribution in [-0.4, -0.2) is 10.3 Å². The summed E-state index contributed by atoms with van der Waals surface area (Å²) in [7, 11) is 0. The minimum absolute atomic E-state index is 0.113. The SMILES string of the molecule is CCCC(CS)(CCC)Cn1cc(Br)cc(C)c1=O. The van der Waals surface area contributed by atoms with E-state index in [1.54, 1.807) is 0 Å². The predicted octanol–water partition coefficient (Wildman–Crippen LogP) is 4.44. The molecule has 0 atom stereocenters. The summed E-state index contributed by atoms with van der Waals surface area (Å²) in [6.07, 6.45) is 6.38. The van der Waals surface area contributed by atoms with Crippen LogP contribution >= 0.6 is 28.6 Å². The fraction of sp³-hybridized carbons (Fsp3) is 0.667. The van der Waals surface area contributed by atoms with Gasteiger partial charge in [0.1, 0.15) is 0 Å². The van der Waals surface area contributed by atoms with Crippen molar-refractivity contribution in [3.8, 4) is 0 Å². The monoisotopic (exact) mass is 345 g/mol. The third kappa shape index (κ3) is 4.38. The fourth-order valence-corrected chi connectivity index (χ4v) is 3.78. The summed E-state index contributed by atoms with van der Waals surface area (Å²) in [5, 5.41) is 0. The van der Waals surface area contributed by atoms with Crippen LogP contribution < -0.4 is 5.56 Å². The number of aryl methyl sites for hydroxylation is 1. The van der Waals surface area contributed by atoms with E-state index in [4.69, 9.17) is 0 Å². The Labute approximate surface area is 130 Å². The first-order chi connectivity index (χ1) is 8.98. The molecule has 0 amide bonds.